The number of hydrogen-bond donors (Lipinski definition) is 1. The Morgan fingerprint density at radius 3 is 2.58 bits per heavy atom. The molecule has 0 saturated carbocycles. The molecule has 0 radical (unpaired) electrons. The van der Waals surface area contributed by atoms with Gasteiger partial charge in [0.25, 0.3) is 0 Å². The smallest absolute Gasteiger partial charge is 0.236 e. The molecule has 1 atom stereocenters. The second-order valence-electron chi connectivity index (χ2n) is 10.3. The number of carbonyl (C=O) groups is 1. The number of nitrogens with zero attached hydrogens (tertiary/aromatic N) is 8. The normalized spacial score (nSPS) is 18.1. The van der Waals surface area contributed by atoms with Gasteiger partial charge in [-0.25, -0.2) is 14.4 Å². The number of aryl methyl sites for hydroxylation is 1. The summed E-state index contributed by atoms with van der Waals surface area (Å²) in [6, 6.07) is 10.4. The monoisotopic (exact) mass is 564 g/mol. The van der Waals surface area contributed by atoms with Crippen molar-refractivity contribution in [2.24, 2.45) is 0 Å². The van der Waals surface area contributed by atoms with E-state index in [-0.39, 0.29) is 11.7 Å². The SMILES string of the molecule is CCc1nc2ccc(N3CCN(CC(=O)N4CC[C@H](O)C4)CC3)nn2c1N(C)c1nc(-c2ccc(F)cc2)cs1. The lowest BCUT2D eigenvalue weighted by Crippen LogP contribution is -2.50. The van der Waals surface area contributed by atoms with E-state index in [1.165, 1.54) is 23.5 Å². The maximum absolute atomic E-state index is 13.4. The summed E-state index contributed by atoms with van der Waals surface area (Å²) >= 11 is 1.52. The third-order valence-electron chi connectivity index (χ3n) is 7.65. The maximum Gasteiger partial charge on any atom is 0.236 e. The average molecular weight is 565 g/mol. The third-order valence-corrected chi connectivity index (χ3v) is 8.57. The number of amides is 1. The fraction of sp³-hybridized carbons (Fsp3) is 0.429. The Kier molecular flexibility index (Phi) is 7.39. The number of aliphatic hydroxyl groups excluding tert-OH is 1. The topological polar surface area (TPSA) is 93.3 Å². The summed E-state index contributed by atoms with van der Waals surface area (Å²) in [5.41, 5.74) is 3.37. The Balaban J connectivity index is 1.19. The molecule has 1 N–H and O–H groups in total. The zero-order valence-electron chi connectivity index (χ0n) is 22.7. The molecule has 0 spiro atoms. The number of aliphatic hydroxyl groups is 1. The summed E-state index contributed by atoms with van der Waals surface area (Å²) < 4.78 is 15.3. The summed E-state index contributed by atoms with van der Waals surface area (Å²) in [7, 11) is 1.97. The van der Waals surface area contributed by atoms with Crippen molar-refractivity contribution >= 4 is 39.7 Å². The molecule has 12 heteroatoms. The van der Waals surface area contributed by atoms with E-state index in [4.69, 9.17) is 15.1 Å². The van der Waals surface area contributed by atoms with E-state index in [1.54, 1.807) is 17.0 Å². The van der Waals surface area contributed by atoms with Gasteiger partial charge in [-0.1, -0.05) is 6.92 Å². The quantitative estimate of drug-likeness (QED) is 0.366. The number of β-amino-alcohol motifs (C(OH)–C–C–N with tert-alkyl or cyclic N) is 1. The minimum atomic E-state index is -0.394. The second kappa shape index (κ2) is 11.1. The predicted molar refractivity (Wildman–Crippen MR) is 154 cm³/mol. The number of piperazine rings is 1. The number of aromatic nitrogens is 4. The van der Waals surface area contributed by atoms with Gasteiger partial charge in [0.1, 0.15) is 11.6 Å². The lowest BCUT2D eigenvalue weighted by molar-refractivity contribution is -0.131. The molecule has 0 unspecified atom stereocenters. The van der Waals surface area contributed by atoms with Gasteiger partial charge in [-0.3, -0.25) is 9.69 Å². The molecule has 5 heterocycles. The Hall–Kier alpha value is -3.61. The summed E-state index contributed by atoms with van der Waals surface area (Å²) in [5.74, 6) is 1.56. The van der Waals surface area contributed by atoms with Crippen LogP contribution in [0.4, 0.5) is 21.2 Å². The average Bonchev–Trinajstić information content (AvgIpc) is 3.71. The van der Waals surface area contributed by atoms with Crippen LogP contribution in [-0.2, 0) is 11.2 Å². The highest BCUT2D eigenvalue weighted by Crippen LogP contribution is 2.33. The fourth-order valence-corrected chi connectivity index (χ4v) is 6.16. The molecule has 210 valence electrons. The summed E-state index contributed by atoms with van der Waals surface area (Å²) in [5, 5.41) is 17.5. The van der Waals surface area contributed by atoms with Crippen LogP contribution in [0.25, 0.3) is 16.9 Å². The number of rotatable bonds is 7. The minimum Gasteiger partial charge on any atom is -0.391 e. The number of likely N-dealkylation sites (tertiary alicyclic amines) is 1. The standard InChI is InChI=1S/C28H33FN8O2S/c1-3-22-27(33(2)28-31-23(18-40-28)19-4-6-20(29)7-5-19)37-24(30-22)8-9-25(32-37)35-14-12-34(13-15-35)17-26(39)36-11-10-21(38)16-36/h4-9,18,21,38H,3,10-17H2,1-2H3/t21-/m0/s1. The molecule has 1 aromatic carbocycles. The summed E-state index contributed by atoms with van der Waals surface area (Å²) in [4.78, 5) is 30.5. The minimum absolute atomic E-state index is 0.0903. The van der Waals surface area contributed by atoms with Crippen molar-refractivity contribution in [3.8, 4) is 11.3 Å². The molecule has 6 rings (SSSR count). The number of thiazole rings is 1. The molecule has 40 heavy (non-hydrogen) atoms. The molecular formula is C28H33FN8O2S. The molecule has 0 bridgehead atoms. The van der Waals surface area contributed by atoms with E-state index in [1.807, 2.05) is 34.0 Å². The van der Waals surface area contributed by atoms with Crippen LogP contribution in [0.5, 0.6) is 0 Å². The van der Waals surface area contributed by atoms with Crippen molar-refractivity contribution in [2.75, 3.05) is 62.7 Å². The Labute approximate surface area is 236 Å². The number of anilines is 3. The first-order valence-electron chi connectivity index (χ1n) is 13.7. The van der Waals surface area contributed by atoms with Crippen LogP contribution in [0.3, 0.4) is 0 Å². The van der Waals surface area contributed by atoms with Gasteiger partial charge in [-0.2, -0.15) is 4.52 Å². The van der Waals surface area contributed by atoms with Gasteiger partial charge in [0.2, 0.25) is 5.91 Å². The van der Waals surface area contributed by atoms with Gasteiger partial charge < -0.3 is 19.8 Å². The first-order chi connectivity index (χ1) is 19.4. The highest BCUT2D eigenvalue weighted by atomic mass is 32.1. The second-order valence-corrected chi connectivity index (χ2v) is 11.2. The number of benzene rings is 1. The first-order valence-corrected chi connectivity index (χ1v) is 14.5. The van der Waals surface area contributed by atoms with E-state index in [0.717, 1.165) is 72.0 Å². The molecule has 0 aliphatic carbocycles. The van der Waals surface area contributed by atoms with Gasteiger partial charge in [0, 0.05) is 57.3 Å². The van der Waals surface area contributed by atoms with Crippen LogP contribution in [-0.4, -0.2) is 99.4 Å². The number of hydrogen-bond acceptors (Lipinski definition) is 9. The maximum atomic E-state index is 13.4. The lowest BCUT2D eigenvalue weighted by atomic mass is 10.2. The molecular weight excluding hydrogens is 531 g/mol. The fourth-order valence-electron chi connectivity index (χ4n) is 5.36. The Morgan fingerprint density at radius 2 is 1.88 bits per heavy atom. The van der Waals surface area contributed by atoms with Crippen molar-refractivity contribution in [1.82, 2.24) is 29.4 Å². The Bertz CT molecular complexity index is 1500. The van der Waals surface area contributed by atoms with Crippen molar-refractivity contribution in [3.05, 3.63) is 53.3 Å². The van der Waals surface area contributed by atoms with Crippen LogP contribution in [0.15, 0.2) is 41.8 Å². The van der Waals surface area contributed by atoms with Crippen LogP contribution in [0, 0.1) is 5.82 Å². The molecule has 3 aromatic heterocycles. The van der Waals surface area contributed by atoms with E-state index in [0.29, 0.717) is 26.1 Å². The number of halogens is 1. The Morgan fingerprint density at radius 1 is 1.10 bits per heavy atom. The van der Waals surface area contributed by atoms with Gasteiger partial charge in [-0.05, 0) is 49.2 Å². The van der Waals surface area contributed by atoms with Crippen LogP contribution < -0.4 is 9.80 Å². The molecule has 1 amide bonds. The molecule has 2 fully saturated rings. The highest BCUT2D eigenvalue weighted by Gasteiger charge is 2.28. The zero-order chi connectivity index (χ0) is 27.8. The lowest BCUT2D eigenvalue weighted by Gasteiger charge is -2.35. The molecule has 4 aromatic rings. The molecule has 2 aliphatic rings. The number of fused-ring (bicyclic) bond motifs is 1. The van der Waals surface area contributed by atoms with Crippen LogP contribution in [0.1, 0.15) is 19.0 Å². The largest absolute Gasteiger partial charge is 0.391 e. The number of carbonyl (C=O) groups excluding carboxylic acids is 1. The van der Waals surface area contributed by atoms with Crippen molar-refractivity contribution in [1.29, 1.82) is 0 Å². The van der Waals surface area contributed by atoms with Gasteiger partial charge >= 0.3 is 0 Å². The van der Waals surface area contributed by atoms with Crippen LogP contribution in [0.2, 0.25) is 0 Å². The van der Waals surface area contributed by atoms with E-state index in [9.17, 15) is 14.3 Å². The van der Waals surface area contributed by atoms with Crippen molar-refractivity contribution in [2.45, 2.75) is 25.9 Å². The zero-order valence-corrected chi connectivity index (χ0v) is 23.5. The molecule has 10 nitrogen and oxygen atoms in total. The van der Waals surface area contributed by atoms with Crippen LogP contribution >= 0.6 is 11.3 Å². The molecule has 2 aliphatic heterocycles. The van der Waals surface area contributed by atoms with Gasteiger partial charge in [-0.15, -0.1) is 16.4 Å². The summed E-state index contributed by atoms with van der Waals surface area (Å²) in [6.45, 7) is 6.61. The van der Waals surface area contributed by atoms with Crippen molar-refractivity contribution < 1.29 is 14.3 Å². The summed E-state index contributed by atoms with van der Waals surface area (Å²) in [6.07, 6.45) is 1.01. The third kappa shape index (κ3) is 5.26. The van der Waals surface area contributed by atoms with E-state index < -0.39 is 6.10 Å². The highest BCUT2D eigenvalue weighted by molar-refractivity contribution is 7.14. The number of imidazole rings is 1. The molecule has 2 saturated heterocycles. The predicted octanol–water partition coefficient (Wildman–Crippen LogP) is 3.04. The van der Waals surface area contributed by atoms with Gasteiger partial charge in [0.05, 0.1) is 24.0 Å². The first kappa shape index (κ1) is 26.6. The van der Waals surface area contributed by atoms with E-state index >= 15 is 0 Å². The van der Waals surface area contributed by atoms with E-state index in [2.05, 4.69) is 16.7 Å². The van der Waals surface area contributed by atoms with Crippen molar-refractivity contribution in [3.63, 3.8) is 0 Å². The van der Waals surface area contributed by atoms with Gasteiger partial charge in [0.15, 0.2) is 16.6 Å².